The Morgan fingerprint density at radius 2 is 1.47 bits per heavy atom. The Kier molecular flexibility index (Phi) is 9.19. The van der Waals surface area contributed by atoms with E-state index < -0.39 is 6.04 Å². The fraction of sp³-hybridized carbons (Fsp3) is 0.417. The molecule has 0 bridgehead atoms. The van der Waals surface area contributed by atoms with Crippen LogP contribution in [0.4, 0.5) is 0 Å². The molecule has 0 heterocycles. The molecule has 0 unspecified atom stereocenters. The van der Waals surface area contributed by atoms with Crippen molar-refractivity contribution in [2.45, 2.75) is 45.7 Å². The van der Waals surface area contributed by atoms with Gasteiger partial charge in [0, 0.05) is 19.5 Å². The molecule has 0 aliphatic carbocycles. The second-order valence-electron chi connectivity index (χ2n) is 7.18. The van der Waals surface area contributed by atoms with Gasteiger partial charge in [0.05, 0.1) is 14.2 Å². The molecule has 1 atom stereocenters. The second kappa shape index (κ2) is 11.9. The summed E-state index contributed by atoms with van der Waals surface area (Å²) in [5.41, 5.74) is 2.07. The number of benzene rings is 2. The van der Waals surface area contributed by atoms with Crippen molar-refractivity contribution < 1.29 is 19.1 Å². The zero-order chi connectivity index (χ0) is 21.9. The first-order valence-corrected chi connectivity index (χ1v) is 10.3. The highest BCUT2D eigenvalue weighted by molar-refractivity contribution is 5.87. The molecule has 0 saturated carbocycles. The molecule has 6 heteroatoms. The van der Waals surface area contributed by atoms with Gasteiger partial charge in [-0.2, -0.15) is 0 Å². The third kappa shape index (κ3) is 6.79. The number of hydrogen-bond donors (Lipinski definition) is 1. The van der Waals surface area contributed by atoms with Crippen LogP contribution in [-0.4, -0.2) is 43.5 Å². The van der Waals surface area contributed by atoms with Crippen LogP contribution in [0.25, 0.3) is 0 Å². The predicted molar refractivity (Wildman–Crippen MR) is 118 cm³/mol. The molecule has 1 N–H and O–H groups in total. The summed E-state index contributed by atoms with van der Waals surface area (Å²) in [6.45, 7) is 4.63. The van der Waals surface area contributed by atoms with Gasteiger partial charge in [0.15, 0.2) is 0 Å². The second-order valence-corrected chi connectivity index (χ2v) is 7.18. The van der Waals surface area contributed by atoms with Gasteiger partial charge in [-0.1, -0.05) is 31.2 Å². The van der Waals surface area contributed by atoms with Gasteiger partial charge in [-0.05, 0) is 55.2 Å². The molecule has 2 amide bonds. The molecule has 0 saturated heterocycles. The van der Waals surface area contributed by atoms with Gasteiger partial charge in [-0.25, -0.2) is 0 Å². The Bertz CT molecular complexity index is 803. The van der Waals surface area contributed by atoms with Crippen LogP contribution in [0.1, 0.15) is 37.8 Å². The molecule has 0 spiro atoms. The standard InChI is InChI=1S/C24H32N2O4/c1-5-6-23(27)26(17-20-9-13-22(30-4)14-10-20)18(2)24(28)25-16-15-19-7-11-21(29-3)12-8-19/h7-14,18H,5-6,15-17H2,1-4H3,(H,25,28)/t18-/m0/s1. The van der Waals surface area contributed by atoms with E-state index in [4.69, 9.17) is 9.47 Å². The van der Waals surface area contributed by atoms with E-state index in [1.807, 2.05) is 55.5 Å². The SMILES string of the molecule is CCCC(=O)N(Cc1ccc(OC)cc1)[C@@H](C)C(=O)NCCc1ccc(OC)cc1. The minimum atomic E-state index is -0.554. The summed E-state index contributed by atoms with van der Waals surface area (Å²) in [4.78, 5) is 27.1. The van der Waals surface area contributed by atoms with Crippen LogP contribution in [0.2, 0.25) is 0 Å². The van der Waals surface area contributed by atoms with Crippen LogP contribution >= 0.6 is 0 Å². The number of ether oxygens (including phenoxy) is 2. The van der Waals surface area contributed by atoms with Crippen LogP contribution in [0.15, 0.2) is 48.5 Å². The maximum atomic E-state index is 12.7. The largest absolute Gasteiger partial charge is 0.497 e. The van der Waals surface area contributed by atoms with Gasteiger partial charge in [-0.15, -0.1) is 0 Å². The monoisotopic (exact) mass is 412 g/mol. The number of rotatable bonds is 11. The lowest BCUT2D eigenvalue weighted by molar-refractivity contribution is -0.140. The number of nitrogens with one attached hydrogen (secondary N) is 1. The van der Waals surface area contributed by atoms with Crippen LogP contribution < -0.4 is 14.8 Å². The molecular weight excluding hydrogens is 380 g/mol. The van der Waals surface area contributed by atoms with E-state index in [9.17, 15) is 9.59 Å². The van der Waals surface area contributed by atoms with Crippen molar-refractivity contribution in [1.29, 1.82) is 0 Å². The van der Waals surface area contributed by atoms with Gasteiger partial charge in [0.25, 0.3) is 0 Å². The van der Waals surface area contributed by atoms with E-state index in [1.165, 1.54) is 0 Å². The fourth-order valence-corrected chi connectivity index (χ4v) is 3.14. The number of nitrogens with zero attached hydrogens (tertiary/aromatic N) is 1. The lowest BCUT2D eigenvalue weighted by Gasteiger charge is -2.29. The Hall–Kier alpha value is -3.02. The summed E-state index contributed by atoms with van der Waals surface area (Å²) in [6, 6.07) is 14.8. The molecule has 0 aliphatic rings. The minimum Gasteiger partial charge on any atom is -0.497 e. The third-order valence-electron chi connectivity index (χ3n) is 5.02. The van der Waals surface area contributed by atoms with Crippen molar-refractivity contribution in [1.82, 2.24) is 10.2 Å². The van der Waals surface area contributed by atoms with Gasteiger partial charge in [0.2, 0.25) is 11.8 Å². The third-order valence-corrected chi connectivity index (χ3v) is 5.02. The first kappa shape index (κ1) is 23.3. The zero-order valence-electron chi connectivity index (χ0n) is 18.3. The van der Waals surface area contributed by atoms with Crippen molar-refractivity contribution >= 4 is 11.8 Å². The van der Waals surface area contributed by atoms with Gasteiger partial charge < -0.3 is 19.7 Å². The summed E-state index contributed by atoms with van der Waals surface area (Å²) in [6.07, 6.45) is 1.87. The van der Waals surface area contributed by atoms with Crippen molar-refractivity contribution in [2.24, 2.45) is 0 Å². The fourth-order valence-electron chi connectivity index (χ4n) is 3.14. The Morgan fingerprint density at radius 1 is 0.933 bits per heavy atom. The lowest BCUT2D eigenvalue weighted by Crippen LogP contribution is -2.47. The molecule has 30 heavy (non-hydrogen) atoms. The highest BCUT2D eigenvalue weighted by Gasteiger charge is 2.25. The average molecular weight is 413 g/mol. The predicted octanol–water partition coefficient (Wildman–Crippen LogP) is 3.58. The normalized spacial score (nSPS) is 11.5. The van der Waals surface area contributed by atoms with Crippen LogP contribution in [0, 0.1) is 0 Å². The first-order valence-electron chi connectivity index (χ1n) is 10.3. The molecule has 0 aliphatic heterocycles. The summed E-state index contributed by atoms with van der Waals surface area (Å²) >= 11 is 0. The maximum absolute atomic E-state index is 12.7. The highest BCUT2D eigenvalue weighted by atomic mass is 16.5. The van der Waals surface area contributed by atoms with E-state index in [0.29, 0.717) is 25.9 Å². The molecule has 0 fully saturated rings. The van der Waals surface area contributed by atoms with E-state index >= 15 is 0 Å². The number of hydrogen-bond acceptors (Lipinski definition) is 4. The molecule has 0 aromatic heterocycles. The quantitative estimate of drug-likeness (QED) is 0.613. The summed E-state index contributed by atoms with van der Waals surface area (Å²) in [5.74, 6) is 1.39. The molecule has 2 aromatic rings. The number of amides is 2. The molecule has 2 rings (SSSR count). The van der Waals surface area contributed by atoms with Crippen molar-refractivity contribution in [3.63, 3.8) is 0 Å². The van der Waals surface area contributed by atoms with E-state index in [2.05, 4.69) is 5.32 Å². The number of methoxy groups -OCH3 is 2. The van der Waals surface area contributed by atoms with E-state index in [-0.39, 0.29) is 11.8 Å². The van der Waals surface area contributed by atoms with Crippen molar-refractivity contribution in [3.05, 3.63) is 59.7 Å². The van der Waals surface area contributed by atoms with Crippen LogP contribution in [0.3, 0.4) is 0 Å². The van der Waals surface area contributed by atoms with Crippen LogP contribution in [0.5, 0.6) is 11.5 Å². The zero-order valence-corrected chi connectivity index (χ0v) is 18.3. The Labute approximate surface area is 179 Å². The summed E-state index contributed by atoms with van der Waals surface area (Å²) in [5, 5.41) is 2.96. The summed E-state index contributed by atoms with van der Waals surface area (Å²) < 4.78 is 10.3. The van der Waals surface area contributed by atoms with Gasteiger partial charge in [0.1, 0.15) is 17.5 Å². The van der Waals surface area contributed by atoms with E-state index in [1.54, 1.807) is 26.0 Å². The highest BCUT2D eigenvalue weighted by Crippen LogP contribution is 2.16. The molecule has 0 radical (unpaired) electrons. The van der Waals surface area contributed by atoms with Gasteiger partial charge in [-0.3, -0.25) is 9.59 Å². The molecule has 162 valence electrons. The molecule has 6 nitrogen and oxygen atoms in total. The van der Waals surface area contributed by atoms with Crippen molar-refractivity contribution in [3.8, 4) is 11.5 Å². The Balaban J connectivity index is 1.97. The molecule has 2 aromatic carbocycles. The average Bonchev–Trinajstić information content (AvgIpc) is 2.78. The summed E-state index contributed by atoms with van der Waals surface area (Å²) in [7, 11) is 3.25. The lowest BCUT2D eigenvalue weighted by atomic mass is 10.1. The maximum Gasteiger partial charge on any atom is 0.242 e. The van der Waals surface area contributed by atoms with Crippen molar-refractivity contribution in [2.75, 3.05) is 20.8 Å². The number of carbonyl (C=O) groups is 2. The van der Waals surface area contributed by atoms with E-state index in [0.717, 1.165) is 29.0 Å². The van der Waals surface area contributed by atoms with Gasteiger partial charge >= 0.3 is 0 Å². The molecular formula is C24H32N2O4. The van der Waals surface area contributed by atoms with Crippen LogP contribution in [-0.2, 0) is 22.6 Å². The first-order chi connectivity index (χ1) is 14.5. The number of carbonyl (C=O) groups excluding carboxylic acids is 2. The Morgan fingerprint density at radius 3 is 1.97 bits per heavy atom. The topological polar surface area (TPSA) is 67.9 Å². The minimum absolute atomic E-state index is 0.0221. The smallest absolute Gasteiger partial charge is 0.242 e.